The molecule has 0 bridgehead atoms. The Bertz CT molecular complexity index is 1160. The number of aromatic nitrogens is 2. The van der Waals surface area contributed by atoms with E-state index < -0.39 is 5.25 Å². The van der Waals surface area contributed by atoms with Crippen LogP contribution in [0.15, 0.2) is 78.0 Å². The largest absolute Gasteiger partial charge is 0.497 e. The molecule has 7 heteroatoms. The molecule has 152 valence electrons. The quantitative estimate of drug-likeness (QED) is 0.410. The van der Waals surface area contributed by atoms with Gasteiger partial charge in [0.15, 0.2) is 5.16 Å². The van der Waals surface area contributed by atoms with Crippen LogP contribution >= 0.6 is 11.8 Å². The number of rotatable bonds is 7. The molecule has 1 amide bonds. The first-order valence-electron chi connectivity index (χ1n) is 9.36. The molecule has 0 spiro atoms. The van der Waals surface area contributed by atoms with E-state index in [4.69, 9.17) is 9.47 Å². The van der Waals surface area contributed by atoms with Crippen LogP contribution in [0.2, 0.25) is 0 Å². The Morgan fingerprint density at radius 2 is 1.73 bits per heavy atom. The Morgan fingerprint density at radius 1 is 0.967 bits per heavy atom. The van der Waals surface area contributed by atoms with Crippen LogP contribution in [0.3, 0.4) is 0 Å². The maximum absolute atomic E-state index is 13.2. The van der Waals surface area contributed by atoms with E-state index in [2.05, 4.69) is 15.3 Å². The molecule has 2 N–H and O–H groups in total. The molecule has 1 atom stereocenters. The number of nitrogens with zero attached hydrogens (tertiary/aromatic N) is 1. The first-order valence-corrected chi connectivity index (χ1v) is 10.2. The Labute approximate surface area is 178 Å². The summed E-state index contributed by atoms with van der Waals surface area (Å²) in [4.78, 5) is 21.1. The summed E-state index contributed by atoms with van der Waals surface area (Å²) in [5, 5.41) is 3.16. The van der Waals surface area contributed by atoms with Crippen molar-refractivity contribution >= 4 is 34.4 Å². The van der Waals surface area contributed by atoms with Crippen LogP contribution in [0.1, 0.15) is 10.8 Å². The van der Waals surface area contributed by atoms with Gasteiger partial charge in [-0.3, -0.25) is 4.79 Å². The van der Waals surface area contributed by atoms with Gasteiger partial charge in [-0.15, -0.1) is 0 Å². The number of methoxy groups -OCH3 is 2. The summed E-state index contributed by atoms with van der Waals surface area (Å²) in [5.74, 6) is 1.29. The first-order chi connectivity index (χ1) is 14.7. The normalized spacial score (nSPS) is 11.8. The molecule has 4 aromatic rings. The van der Waals surface area contributed by atoms with Crippen LogP contribution < -0.4 is 14.8 Å². The molecule has 1 unspecified atom stereocenters. The maximum atomic E-state index is 13.2. The van der Waals surface area contributed by atoms with Crippen molar-refractivity contribution in [3.63, 3.8) is 0 Å². The number of aromatic amines is 1. The number of anilines is 1. The number of nitrogens with one attached hydrogen (secondary N) is 2. The van der Waals surface area contributed by atoms with Crippen LogP contribution in [0.25, 0.3) is 11.0 Å². The van der Waals surface area contributed by atoms with Gasteiger partial charge >= 0.3 is 0 Å². The number of fused-ring (bicyclic) bond motifs is 1. The minimum Gasteiger partial charge on any atom is -0.497 e. The number of ether oxygens (including phenoxy) is 2. The second kappa shape index (κ2) is 8.92. The summed E-state index contributed by atoms with van der Waals surface area (Å²) < 4.78 is 10.5. The van der Waals surface area contributed by atoms with Crippen molar-refractivity contribution in [2.75, 3.05) is 19.5 Å². The van der Waals surface area contributed by atoms with Gasteiger partial charge in [-0.2, -0.15) is 0 Å². The highest BCUT2D eigenvalue weighted by Crippen LogP contribution is 2.36. The standard InChI is InChI=1S/C23H21N3O3S/c1-28-17-10-6-9-16(13-17)24-22(27)21(15-7-4-3-5-8-15)30-23-25-19-12-11-18(29-2)14-20(19)26-23/h3-14,21H,1-2H3,(H,24,27)(H,25,26). The monoisotopic (exact) mass is 419 g/mol. The number of carbonyl (C=O) groups is 1. The summed E-state index contributed by atoms with van der Waals surface area (Å²) in [5.41, 5.74) is 3.24. The van der Waals surface area contributed by atoms with Gasteiger partial charge in [0.25, 0.3) is 0 Å². The summed E-state index contributed by atoms with van der Waals surface area (Å²) in [6.45, 7) is 0. The predicted molar refractivity (Wildman–Crippen MR) is 119 cm³/mol. The van der Waals surface area contributed by atoms with E-state index in [9.17, 15) is 4.79 Å². The number of hydrogen-bond donors (Lipinski definition) is 2. The minimum atomic E-state index is -0.486. The minimum absolute atomic E-state index is 0.141. The third-order valence-corrected chi connectivity index (χ3v) is 5.71. The number of H-pyrrole nitrogens is 1. The number of benzene rings is 3. The molecule has 1 aromatic heterocycles. The zero-order valence-corrected chi connectivity index (χ0v) is 17.4. The number of thioether (sulfide) groups is 1. The van der Waals surface area contributed by atoms with Gasteiger partial charge in [-0.25, -0.2) is 4.98 Å². The van der Waals surface area contributed by atoms with Crippen LogP contribution in [-0.4, -0.2) is 30.1 Å². The number of amides is 1. The van der Waals surface area contributed by atoms with Crippen molar-refractivity contribution in [2.45, 2.75) is 10.4 Å². The Morgan fingerprint density at radius 3 is 2.50 bits per heavy atom. The van der Waals surface area contributed by atoms with Gasteiger partial charge in [0.05, 0.1) is 25.3 Å². The van der Waals surface area contributed by atoms with Gasteiger partial charge in [-0.05, 0) is 29.8 Å². The predicted octanol–water partition coefficient (Wildman–Crippen LogP) is 5.05. The molecule has 6 nitrogen and oxygen atoms in total. The van der Waals surface area contributed by atoms with Crippen molar-refractivity contribution in [3.05, 3.63) is 78.4 Å². The van der Waals surface area contributed by atoms with Crippen LogP contribution in [0.5, 0.6) is 11.5 Å². The van der Waals surface area contributed by atoms with E-state index in [1.165, 1.54) is 11.8 Å². The zero-order chi connectivity index (χ0) is 20.9. The van der Waals surface area contributed by atoms with E-state index >= 15 is 0 Å². The SMILES string of the molecule is COc1cccc(NC(=O)C(Sc2nc3ccc(OC)cc3[nH]2)c2ccccc2)c1. The number of carbonyl (C=O) groups excluding carboxylic acids is 1. The molecule has 0 fully saturated rings. The molecule has 3 aromatic carbocycles. The first kappa shape index (κ1) is 19.8. The van der Waals surface area contributed by atoms with Gasteiger partial charge in [0.2, 0.25) is 5.91 Å². The molecule has 0 radical (unpaired) electrons. The van der Waals surface area contributed by atoms with Crippen molar-refractivity contribution in [1.29, 1.82) is 0 Å². The Hall–Kier alpha value is -3.45. The van der Waals surface area contributed by atoms with Crippen molar-refractivity contribution < 1.29 is 14.3 Å². The average molecular weight is 420 g/mol. The second-order valence-corrected chi connectivity index (χ2v) is 7.65. The molecular formula is C23H21N3O3S. The lowest BCUT2D eigenvalue weighted by atomic mass is 10.1. The van der Waals surface area contributed by atoms with Crippen molar-refractivity contribution in [3.8, 4) is 11.5 Å². The fourth-order valence-electron chi connectivity index (χ4n) is 3.07. The third kappa shape index (κ3) is 4.41. The molecule has 0 saturated carbocycles. The molecule has 0 aliphatic carbocycles. The smallest absolute Gasteiger partial charge is 0.242 e. The fraction of sp³-hybridized carbons (Fsp3) is 0.130. The lowest BCUT2D eigenvalue weighted by Crippen LogP contribution is -2.19. The van der Waals surface area contributed by atoms with Gasteiger partial charge in [0.1, 0.15) is 16.7 Å². The van der Waals surface area contributed by atoms with E-state index in [1.54, 1.807) is 20.3 Å². The summed E-state index contributed by atoms with van der Waals surface area (Å²) in [6, 6.07) is 22.6. The Balaban J connectivity index is 1.62. The molecule has 4 rings (SSSR count). The number of hydrogen-bond acceptors (Lipinski definition) is 5. The van der Waals surface area contributed by atoms with Crippen LogP contribution in [0, 0.1) is 0 Å². The second-order valence-electron chi connectivity index (χ2n) is 6.55. The Kier molecular flexibility index (Phi) is 5.90. The van der Waals surface area contributed by atoms with E-state index in [0.717, 1.165) is 22.3 Å². The summed E-state index contributed by atoms with van der Waals surface area (Å²) in [6.07, 6.45) is 0. The number of imidazole rings is 1. The summed E-state index contributed by atoms with van der Waals surface area (Å²) >= 11 is 1.37. The van der Waals surface area contributed by atoms with E-state index in [0.29, 0.717) is 16.6 Å². The highest BCUT2D eigenvalue weighted by atomic mass is 32.2. The van der Waals surface area contributed by atoms with Gasteiger partial charge < -0.3 is 19.8 Å². The highest BCUT2D eigenvalue weighted by molar-refractivity contribution is 8.00. The average Bonchev–Trinajstić information content (AvgIpc) is 3.19. The molecule has 1 heterocycles. The molecule has 0 aliphatic rings. The highest BCUT2D eigenvalue weighted by Gasteiger charge is 2.24. The van der Waals surface area contributed by atoms with Crippen LogP contribution in [0.4, 0.5) is 5.69 Å². The lowest BCUT2D eigenvalue weighted by Gasteiger charge is -2.16. The van der Waals surface area contributed by atoms with E-state index in [-0.39, 0.29) is 5.91 Å². The van der Waals surface area contributed by atoms with Crippen molar-refractivity contribution in [1.82, 2.24) is 9.97 Å². The van der Waals surface area contributed by atoms with Gasteiger partial charge in [0, 0.05) is 17.8 Å². The van der Waals surface area contributed by atoms with E-state index in [1.807, 2.05) is 66.7 Å². The topological polar surface area (TPSA) is 76.2 Å². The zero-order valence-electron chi connectivity index (χ0n) is 16.6. The molecule has 30 heavy (non-hydrogen) atoms. The van der Waals surface area contributed by atoms with Gasteiger partial charge in [-0.1, -0.05) is 48.2 Å². The maximum Gasteiger partial charge on any atom is 0.242 e. The third-order valence-electron chi connectivity index (χ3n) is 4.57. The molecular weight excluding hydrogens is 398 g/mol. The molecule has 0 saturated heterocycles. The summed E-state index contributed by atoms with van der Waals surface area (Å²) in [7, 11) is 3.22. The van der Waals surface area contributed by atoms with Crippen LogP contribution in [-0.2, 0) is 4.79 Å². The lowest BCUT2D eigenvalue weighted by molar-refractivity contribution is -0.115. The molecule has 0 aliphatic heterocycles. The van der Waals surface area contributed by atoms with Crippen molar-refractivity contribution in [2.24, 2.45) is 0 Å². The fourth-order valence-corrected chi connectivity index (χ4v) is 4.07.